The third kappa shape index (κ3) is 8.26. The van der Waals surface area contributed by atoms with E-state index in [2.05, 4.69) is 10.3 Å². The lowest BCUT2D eigenvalue weighted by molar-refractivity contribution is -0.138. The fraction of sp³-hybridized carbons (Fsp3) is 0.419. The Morgan fingerprint density at radius 2 is 1.82 bits per heavy atom. The first kappa shape index (κ1) is 30.6. The quantitative estimate of drug-likeness (QED) is 0.326. The summed E-state index contributed by atoms with van der Waals surface area (Å²) in [4.78, 5) is 45.0. The second-order valence-corrected chi connectivity index (χ2v) is 10.8. The van der Waals surface area contributed by atoms with Gasteiger partial charge in [-0.15, -0.1) is 0 Å². The van der Waals surface area contributed by atoms with Crippen molar-refractivity contribution in [2.45, 2.75) is 52.6 Å². The molecule has 9 heteroatoms. The van der Waals surface area contributed by atoms with Crippen molar-refractivity contribution >= 4 is 11.9 Å². The lowest BCUT2D eigenvalue weighted by Gasteiger charge is -2.25. The number of carbonyl (C=O) groups is 2. The van der Waals surface area contributed by atoms with Crippen LogP contribution in [-0.2, 0) is 9.59 Å². The van der Waals surface area contributed by atoms with E-state index in [0.717, 1.165) is 22.4 Å². The Morgan fingerprint density at radius 3 is 2.48 bits per heavy atom. The molecule has 2 atom stereocenters. The SMILES string of the molecule is Cc1ccccc1-c1cc([C@H](CC(=O)O)NC(=O)[C@H](CC(C)C)n2cc(OCCN(C)C)ccc2=O)cnc1C. The molecule has 3 rings (SSSR count). The van der Waals surface area contributed by atoms with Crippen molar-refractivity contribution in [2.75, 3.05) is 27.2 Å². The topological polar surface area (TPSA) is 114 Å². The summed E-state index contributed by atoms with van der Waals surface area (Å²) < 4.78 is 7.19. The van der Waals surface area contributed by atoms with Crippen LogP contribution < -0.4 is 15.6 Å². The molecular weight excluding hydrogens is 508 g/mol. The van der Waals surface area contributed by atoms with Gasteiger partial charge in [-0.25, -0.2) is 0 Å². The fourth-order valence-electron chi connectivity index (χ4n) is 4.53. The van der Waals surface area contributed by atoms with E-state index in [1.165, 1.54) is 10.6 Å². The summed E-state index contributed by atoms with van der Waals surface area (Å²) in [5.74, 6) is -0.925. The fourth-order valence-corrected chi connectivity index (χ4v) is 4.53. The zero-order chi connectivity index (χ0) is 29.4. The lowest BCUT2D eigenvalue weighted by atomic mass is 9.95. The Morgan fingerprint density at radius 1 is 1.10 bits per heavy atom. The normalized spacial score (nSPS) is 12.8. The Balaban J connectivity index is 1.96. The average Bonchev–Trinajstić information content (AvgIpc) is 2.88. The van der Waals surface area contributed by atoms with Crippen molar-refractivity contribution in [1.82, 2.24) is 19.8 Å². The van der Waals surface area contributed by atoms with Gasteiger partial charge in [0, 0.05) is 30.1 Å². The number of benzene rings is 1. The van der Waals surface area contributed by atoms with Crippen LogP contribution in [0, 0.1) is 19.8 Å². The van der Waals surface area contributed by atoms with Crippen LogP contribution in [-0.4, -0.2) is 58.7 Å². The summed E-state index contributed by atoms with van der Waals surface area (Å²) in [5.41, 5.74) is 3.97. The van der Waals surface area contributed by atoms with Gasteiger partial charge in [-0.3, -0.25) is 23.9 Å². The molecule has 0 aliphatic rings. The molecule has 0 unspecified atom stereocenters. The van der Waals surface area contributed by atoms with Crippen LogP contribution in [0.3, 0.4) is 0 Å². The molecule has 0 spiro atoms. The van der Waals surface area contributed by atoms with E-state index in [4.69, 9.17) is 4.74 Å². The molecule has 40 heavy (non-hydrogen) atoms. The minimum Gasteiger partial charge on any atom is -0.491 e. The minimum atomic E-state index is -1.06. The first-order valence-corrected chi connectivity index (χ1v) is 13.5. The van der Waals surface area contributed by atoms with E-state index >= 15 is 0 Å². The molecule has 0 saturated heterocycles. The standard InChI is InChI=1S/C31H40N4O5/c1-20(2)15-28(35-19-24(11-12-29(35)36)40-14-13-34(5)6)31(39)33-27(17-30(37)38)23-16-26(22(4)32-18-23)25-10-8-7-9-21(25)3/h7-12,16,18-20,27-28H,13-15,17H2,1-6H3,(H,33,39)(H,37,38)/t27-,28-/m0/s1. The molecule has 1 amide bonds. The molecule has 0 radical (unpaired) electrons. The molecule has 2 N–H and O–H groups in total. The summed E-state index contributed by atoms with van der Waals surface area (Å²) in [6.45, 7) is 8.96. The van der Waals surface area contributed by atoms with E-state index in [9.17, 15) is 19.5 Å². The summed E-state index contributed by atoms with van der Waals surface area (Å²) in [7, 11) is 3.88. The van der Waals surface area contributed by atoms with Crippen LogP contribution in [0.4, 0.5) is 0 Å². The number of carbonyl (C=O) groups excluding carboxylic acids is 1. The number of rotatable bonds is 13. The molecule has 2 aromatic heterocycles. The van der Waals surface area contributed by atoms with Crippen LogP contribution >= 0.6 is 0 Å². The van der Waals surface area contributed by atoms with Gasteiger partial charge in [0.1, 0.15) is 18.4 Å². The van der Waals surface area contributed by atoms with E-state index in [1.807, 2.05) is 77.0 Å². The highest BCUT2D eigenvalue weighted by molar-refractivity contribution is 5.82. The van der Waals surface area contributed by atoms with Gasteiger partial charge < -0.3 is 20.1 Å². The van der Waals surface area contributed by atoms with Gasteiger partial charge in [0.05, 0.1) is 18.7 Å². The Labute approximate surface area is 235 Å². The summed E-state index contributed by atoms with van der Waals surface area (Å²) in [5, 5.41) is 12.6. The smallest absolute Gasteiger partial charge is 0.305 e. The van der Waals surface area contributed by atoms with E-state index < -0.39 is 24.0 Å². The Bertz CT molecular complexity index is 1380. The number of aromatic nitrogens is 2. The number of nitrogens with zero attached hydrogens (tertiary/aromatic N) is 3. The van der Waals surface area contributed by atoms with Gasteiger partial charge >= 0.3 is 5.97 Å². The number of nitrogens with one attached hydrogen (secondary N) is 1. The number of pyridine rings is 2. The molecule has 0 bridgehead atoms. The number of aryl methyl sites for hydroxylation is 2. The zero-order valence-corrected chi connectivity index (χ0v) is 24.2. The van der Waals surface area contributed by atoms with Gasteiger partial charge in [0.2, 0.25) is 5.91 Å². The van der Waals surface area contributed by atoms with E-state index in [0.29, 0.717) is 30.9 Å². The van der Waals surface area contributed by atoms with Crippen molar-refractivity contribution in [3.05, 3.63) is 82.0 Å². The predicted molar refractivity (Wildman–Crippen MR) is 156 cm³/mol. The maximum Gasteiger partial charge on any atom is 0.305 e. The molecule has 0 fully saturated rings. The number of ether oxygens (including phenoxy) is 1. The van der Waals surface area contributed by atoms with Crippen LogP contribution in [0.1, 0.15) is 55.6 Å². The largest absolute Gasteiger partial charge is 0.491 e. The number of likely N-dealkylation sites (N-methyl/N-ethyl adjacent to an activating group) is 1. The number of hydrogen-bond acceptors (Lipinski definition) is 6. The molecular formula is C31H40N4O5. The molecule has 214 valence electrons. The van der Waals surface area contributed by atoms with Crippen LogP contribution in [0.15, 0.2) is 59.7 Å². The number of carboxylic acid groups (broad SMARTS) is 1. The zero-order valence-electron chi connectivity index (χ0n) is 24.2. The highest BCUT2D eigenvalue weighted by Crippen LogP contribution is 2.29. The highest BCUT2D eigenvalue weighted by Gasteiger charge is 2.27. The second-order valence-electron chi connectivity index (χ2n) is 10.8. The molecule has 3 aromatic rings. The first-order chi connectivity index (χ1) is 19.0. The number of amides is 1. The predicted octanol–water partition coefficient (Wildman–Crippen LogP) is 4.39. The molecule has 9 nitrogen and oxygen atoms in total. The van der Waals surface area contributed by atoms with Crippen LogP contribution in [0.25, 0.3) is 11.1 Å². The summed E-state index contributed by atoms with van der Waals surface area (Å²) in [6, 6.07) is 11.1. The third-order valence-electron chi connectivity index (χ3n) is 6.69. The van der Waals surface area contributed by atoms with Crippen LogP contribution in [0.2, 0.25) is 0 Å². The van der Waals surface area contributed by atoms with Gasteiger partial charge in [-0.1, -0.05) is 38.1 Å². The van der Waals surface area contributed by atoms with Gasteiger partial charge in [0.25, 0.3) is 5.56 Å². The highest BCUT2D eigenvalue weighted by atomic mass is 16.5. The summed E-state index contributed by atoms with van der Waals surface area (Å²) >= 11 is 0. The first-order valence-electron chi connectivity index (χ1n) is 13.5. The number of carboxylic acids is 1. The van der Waals surface area contributed by atoms with Crippen LogP contribution in [0.5, 0.6) is 5.75 Å². The van der Waals surface area contributed by atoms with Crippen molar-refractivity contribution in [2.24, 2.45) is 5.92 Å². The third-order valence-corrected chi connectivity index (χ3v) is 6.69. The molecule has 0 saturated carbocycles. The molecule has 0 aliphatic carbocycles. The second kappa shape index (κ2) is 13.9. The Kier molecular flexibility index (Phi) is 10.6. The monoisotopic (exact) mass is 548 g/mol. The number of hydrogen-bond donors (Lipinski definition) is 2. The lowest BCUT2D eigenvalue weighted by Crippen LogP contribution is -2.40. The maximum absolute atomic E-state index is 13.8. The molecule has 2 heterocycles. The number of aliphatic carboxylic acids is 1. The summed E-state index contributed by atoms with van der Waals surface area (Å²) in [6.07, 6.45) is 3.21. The minimum absolute atomic E-state index is 0.0904. The van der Waals surface area contributed by atoms with Gasteiger partial charge in [-0.2, -0.15) is 0 Å². The Hall–Kier alpha value is -3.98. The van der Waals surface area contributed by atoms with Crippen molar-refractivity contribution in [3.63, 3.8) is 0 Å². The van der Waals surface area contributed by atoms with Gasteiger partial charge in [-0.05, 0) is 69.1 Å². The van der Waals surface area contributed by atoms with Crippen molar-refractivity contribution < 1.29 is 19.4 Å². The maximum atomic E-state index is 13.8. The van der Waals surface area contributed by atoms with Crippen molar-refractivity contribution in [3.8, 4) is 16.9 Å². The van der Waals surface area contributed by atoms with E-state index in [1.54, 1.807) is 18.5 Å². The molecule has 0 aliphatic heterocycles. The van der Waals surface area contributed by atoms with Gasteiger partial charge in [0.15, 0.2) is 0 Å². The molecule has 1 aromatic carbocycles. The average molecular weight is 549 g/mol. The van der Waals surface area contributed by atoms with E-state index in [-0.39, 0.29) is 17.9 Å². The van der Waals surface area contributed by atoms with Crippen molar-refractivity contribution in [1.29, 1.82) is 0 Å².